The van der Waals surface area contributed by atoms with Gasteiger partial charge in [-0.05, 0) is 61.5 Å². The lowest BCUT2D eigenvalue weighted by Crippen LogP contribution is -2.40. The van der Waals surface area contributed by atoms with Crippen molar-refractivity contribution in [2.45, 2.75) is 13.5 Å². The molecule has 0 saturated carbocycles. The van der Waals surface area contributed by atoms with Gasteiger partial charge < -0.3 is 10.1 Å². The summed E-state index contributed by atoms with van der Waals surface area (Å²) in [6, 6.07) is 20.7. The maximum atomic E-state index is 13.3. The molecule has 0 aliphatic heterocycles. The summed E-state index contributed by atoms with van der Waals surface area (Å²) in [5, 5.41) is 3.12. The molecule has 0 saturated heterocycles. The standard InChI is InChI=1S/C24H20BrN3O4/c1-2-32-19-11-9-17(10-12-19)26-22(29)15-27-21-13-8-16(25)14-20(21)23(30)28(24(27)31)18-6-4-3-5-7-18/h3-14H,2,15H2,1H3,(H,26,29). The number of carbonyl (C=O) groups excluding carboxylic acids is 1. The van der Waals surface area contributed by atoms with Crippen LogP contribution in [0, 0.1) is 0 Å². The van der Waals surface area contributed by atoms with E-state index < -0.39 is 17.2 Å². The van der Waals surface area contributed by atoms with Crippen molar-refractivity contribution >= 4 is 38.4 Å². The van der Waals surface area contributed by atoms with Gasteiger partial charge in [0.15, 0.2) is 0 Å². The Morgan fingerprint density at radius 1 is 1.00 bits per heavy atom. The highest BCUT2D eigenvalue weighted by Crippen LogP contribution is 2.18. The molecule has 0 radical (unpaired) electrons. The SMILES string of the molecule is CCOc1ccc(NC(=O)Cn2c(=O)n(-c3ccccc3)c(=O)c3cc(Br)ccc32)cc1. The lowest BCUT2D eigenvalue weighted by atomic mass is 10.2. The summed E-state index contributed by atoms with van der Waals surface area (Å²) in [4.78, 5) is 39.2. The summed E-state index contributed by atoms with van der Waals surface area (Å²) in [7, 11) is 0. The maximum Gasteiger partial charge on any atom is 0.336 e. The number of aromatic nitrogens is 2. The van der Waals surface area contributed by atoms with E-state index in [2.05, 4.69) is 21.2 Å². The van der Waals surface area contributed by atoms with Crippen molar-refractivity contribution in [3.8, 4) is 11.4 Å². The fraction of sp³-hybridized carbons (Fsp3) is 0.125. The van der Waals surface area contributed by atoms with Crippen LogP contribution in [0.5, 0.6) is 5.75 Å². The first kappa shape index (κ1) is 21.6. The molecule has 0 bridgehead atoms. The molecule has 3 aromatic carbocycles. The number of benzene rings is 3. The topological polar surface area (TPSA) is 82.3 Å². The number of ether oxygens (including phenoxy) is 1. The van der Waals surface area contributed by atoms with Gasteiger partial charge in [0, 0.05) is 10.2 Å². The molecule has 4 rings (SSSR count). The van der Waals surface area contributed by atoms with Crippen molar-refractivity contribution in [1.82, 2.24) is 9.13 Å². The molecule has 0 atom stereocenters. The van der Waals surface area contributed by atoms with E-state index in [4.69, 9.17) is 4.74 Å². The second-order valence-corrected chi connectivity index (χ2v) is 7.93. The van der Waals surface area contributed by atoms with Gasteiger partial charge in [-0.15, -0.1) is 0 Å². The number of rotatable bonds is 6. The molecule has 0 spiro atoms. The van der Waals surface area contributed by atoms with Gasteiger partial charge in [-0.1, -0.05) is 34.1 Å². The van der Waals surface area contributed by atoms with Crippen molar-refractivity contribution in [1.29, 1.82) is 0 Å². The van der Waals surface area contributed by atoms with Crippen LogP contribution in [-0.2, 0) is 11.3 Å². The van der Waals surface area contributed by atoms with Crippen LogP contribution in [0.1, 0.15) is 6.92 Å². The molecule has 1 N–H and O–H groups in total. The minimum Gasteiger partial charge on any atom is -0.494 e. The van der Waals surface area contributed by atoms with Crippen molar-refractivity contribution < 1.29 is 9.53 Å². The first-order valence-electron chi connectivity index (χ1n) is 10.0. The van der Waals surface area contributed by atoms with Gasteiger partial charge in [0.05, 0.1) is 23.2 Å². The molecule has 1 aromatic heterocycles. The normalized spacial score (nSPS) is 10.8. The van der Waals surface area contributed by atoms with Crippen LogP contribution >= 0.6 is 15.9 Å². The van der Waals surface area contributed by atoms with Crippen LogP contribution < -0.4 is 21.3 Å². The number of nitrogens with one attached hydrogen (secondary N) is 1. The van der Waals surface area contributed by atoms with Gasteiger partial charge in [0.25, 0.3) is 5.56 Å². The lowest BCUT2D eigenvalue weighted by Gasteiger charge is -2.14. The summed E-state index contributed by atoms with van der Waals surface area (Å²) < 4.78 is 8.49. The van der Waals surface area contributed by atoms with Crippen LogP contribution in [0.3, 0.4) is 0 Å². The molecule has 1 amide bonds. The molecule has 4 aromatic rings. The third-order valence-corrected chi connectivity index (χ3v) is 5.36. The number of hydrogen-bond acceptors (Lipinski definition) is 4. The minimum absolute atomic E-state index is 0.253. The number of hydrogen-bond donors (Lipinski definition) is 1. The quantitative estimate of drug-likeness (QED) is 0.440. The highest BCUT2D eigenvalue weighted by Gasteiger charge is 2.17. The molecule has 7 nitrogen and oxygen atoms in total. The number of carbonyl (C=O) groups is 1. The molecule has 32 heavy (non-hydrogen) atoms. The third kappa shape index (κ3) is 4.36. The largest absolute Gasteiger partial charge is 0.494 e. The van der Waals surface area contributed by atoms with Gasteiger partial charge in [0.1, 0.15) is 12.3 Å². The van der Waals surface area contributed by atoms with E-state index in [0.29, 0.717) is 39.1 Å². The van der Waals surface area contributed by atoms with Crippen molar-refractivity contribution in [3.63, 3.8) is 0 Å². The number of nitrogens with zero attached hydrogens (tertiary/aromatic N) is 2. The summed E-state index contributed by atoms with van der Waals surface area (Å²) >= 11 is 3.38. The lowest BCUT2D eigenvalue weighted by molar-refractivity contribution is -0.116. The molecule has 1 heterocycles. The highest BCUT2D eigenvalue weighted by molar-refractivity contribution is 9.10. The summed E-state index contributed by atoms with van der Waals surface area (Å²) in [6.07, 6.45) is 0. The van der Waals surface area contributed by atoms with E-state index in [1.165, 1.54) is 4.57 Å². The summed E-state index contributed by atoms with van der Waals surface area (Å²) in [5.41, 5.74) is 0.371. The molecule has 0 aliphatic carbocycles. The Bertz CT molecular complexity index is 1390. The zero-order valence-corrected chi connectivity index (χ0v) is 18.8. The monoisotopic (exact) mass is 493 g/mol. The minimum atomic E-state index is -0.585. The Morgan fingerprint density at radius 3 is 2.41 bits per heavy atom. The average molecular weight is 494 g/mol. The highest BCUT2D eigenvalue weighted by atomic mass is 79.9. The van der Waals surface area contributed by atoms with Gasteiger partial charge in [-0.25, -0.2) is 9.36 Å². The van der Waals surface area contributed by atoms with Gasteiger partial charge in [-0.2, -0.15) is 0 Å². The predicted octanol–water partition coefficient (Wildman–Crippen LogP) is 3.95. The van der Waals surface area contributed by atoms with Gasteiger partial charge >= 0.3 is 5.69 Å². The first-order valence-corrected chi connectivity index (χ1v) is 10.8. The molecular formula is C24H20BrN3O4. The van der Waals surface area contributed by atoms with E-state index in [1.807, 2.05) is 6.92 Å². The van der Waals surface area contributed by atoms with Gasteiger partial charge in [0.2, 0.25) is 5.91 Å². The maximum absolute atomic E-state index is 13.3. The van der Waals surface area contributed by atoms with Crippen LogP contribution in [-0.4, -0.2) is 21.6 Å². The first-order chi connectivity index (χ1) is 15.5. The zero-order valence-electron chi connectivity index (χ0n) is 17.2. The second kappa shape index (κ2) is 9.23. The van der Waals surface area contributed by atoms with E-state index in [9.17, 15) is 14.4 Å². The van der Waals surface area contributed by atoms with Crippen molar-refractivity contribution in [3.05, 3.63) is 98.1 Å². The molecule has 8 heteroatoms. The fourth-order valence-corrected chi connectivity index (χ4v) is 3.81. The van der Waals surface area contributed by atoms with Crippen LogP contribution in [0.2, 0.25) is 0 Å². The summed E-state index contributed by atoms with van der Waals surface area (Å²) in [5.74, 6) is 0.312. The molecule has 0 aliphatic rings. The third-order valence-electron chi connectivity index (χ3n) is 4.87. The van der Waals surface area contributed by atoms with Crippen molar-refractivity contribution in [2.75, 3.05) is 11.9 Å². The zero-order chi connectivity index (χ0) is 22.7. The fourth-order valence-electron chi connectivity index (χ4n) is 3.45. The van der Waals surface area contributed by atoms with E-state index >= 15 is 0 Å². The van der Waals surface area contributed by atoms with Crippen LogP contribution in [0.25, 0.3) is 16.6 Å². The smallest absolute Gasteiger partial charge is 0.336 e. The average Bonchev–Trinajstić information content (AvgIpc) is 2.79. The van der Waals surface area contributed by atoms with E-state index in [0.717, 1.165) is 4.57 Å². The Labute approximate surface area is 192 Å². The second-order valence-electron chi connectivity index (χ2n) is 7.01. The van der Waals surface area contributed by atoms with Gasteiger partial charge in [-0.3, -0.25) is 14.2 Å². The molecule has 0 fully saturated rings. The number of fused-ring (bicyclic) bond motifs is 1. The van der Waals surface area contributed by atoms with Crippen LogP contribution in [0.15, 0.2) is 86.9 Å². The Morgan fingerprint density at radius 2 is 1.72 bits per heavy atom. The van der Waals surface area contributed by atoms with Crippen LogP contribution in [0.4, 0.5) is 5.69 Å². The molecule has 0 unspecified atom stereocenters. The number of para-hydroxylation sites is 1. The number of halogens is 1. The Kier molecular flexibility index (Phi) is 6.23. The van der Waals surface area contributed by atoms with E-state index in [1.54, 1.807) is 72.8 Å². The summed E-state index contributed by atoms with van der Waals surface area (Å²) in [6.45, 7) is 2.19. The molecule has 162 valence electrons. The molecular weight excluding hydrogens is 474 g/mol. The van der Waals surface area contributed by atoms with E-state index in [-0.39, 0.29) is 6.54 Å². The number of anilines is 1. The van der Waals surface area contributed by atoms with Crippen molar-refractivity contribution in [2.24, 2.45) is 0 Å². The predicted molar refractivity (Wildman–Crippen MR) is 128 cm³/mol. The Hall–Kier alpha value is -3.65. The number of amides is 1. The Balaban J connectivity index is 1.75.